The summed E-state index contributed by atoms with van der Waals surface area (Å²) in [4.78, 5) is 0. The Bertz CT molecular complexity index is 290. The van der Waals surface area contributed by atoms with Crippen molar-refractivity contribution in [2.24, 2.45) is 11.7 Å². The first-order chi connectivity index (χ1) is 6.16. The first-order valence-electron chi connectivity index (χ1n) is 4.95. The topological polar surface area (TPSA) is 43.8 Å². The average molecular weight is 179 g/mol. The Morgan fingerprint density at radius 2 is 2.38 bits per heavy atom. The molecule has 1 heterocycles. The van der Waals surface area contributed by atoms with E-state index < -0.39 is 0 Å². The van der Waals surface area contributed by atoms with Crippen LogP contribution in [0.5, 0.6) is 0 Å². The van der Waals surface area contributed by atoms with E-state index >= 15 is 0 Å². The quantitative estimate of drug-likeness (QED) is 0.761. The van der Waals surface area contributed by atoms with Crippen molar-refractivity contribution >= 4 is 0 Å². The lowest BCUT2D eigenvalue weighted by atomic mass is 10.2. The van der Waals surface area contributed by atoms with Gasteiger partial charge < -0.3 is 5.73 Å². The molecule has 1 aliphatic rings. The minimum Gasteiger partial charge on any atom is -0.327 e. The maximum Gasteiger partial charge on any atom is 0.0671 e. The predicted octanol–water partition coefficient (Wildman–Crippen LogP) is 1.35. The van der Waals surface area contributed by atoms with Gasteiger partial charge in [0, 0.05) is 24.7 Å². The summed E-state index contributed by atoms with van der Waals surface area (Å²) in [6, 6.07) is 2.46. The third-order valence-corrected chi connectivity index (χ3v) is 2.43. The highest BCUT2D eigenvalue weighted by Gasteiger charge is 2.36. The lowest BCUT2D eigenvalue weighted by Gasteiger charge is -2.03. The van der Waals surface area contributed by atoms with Crippen LogP contribution >= 0.6 is 0 Å². The molecule has 0 aromatic carbocycles. The summed E-state index contributed by atoms with van der Waals surface area (Å²) in [6.45, 7) is 5.40. The number of hydrogen-bond acceptors (Lipinski definition) is 2. The monoisotopic (exact) mass is 179 g/mol. The summed E-state index contributed by atoms with van der Waals surface area (Å²) >= 11 is 0. The molecule has 1 aromatic rings. The summed E-state index contributed by atoms with van der Waals surface area (Å²) in [6.07, 6.45) is 3.17. The molecule has 2 N–H and O–H groups in total. The van der Waals surface area contributed by atoms with E-state index in [0.717, 1.165) is 13.0 Å². The van der Waals surface area contributed by atoms with E-state index in [9.17, 15) is 0 Å². The zero-order chi connectivity index (χ0) is 9.42. The van der Waals surface area contributed by atoms with Crippen LogP contribution in [0.4, 0.5) is 0 Å². The molecule has 1 aliphatic carbocycles. The number of nitrogens with two attached hydrogens (primary N) is 1. The first kappa shape index (κ1) is 8.75. The fourth-order valence-corrected chi connectivity index (χ4v) is 1.61. The van der Waals surface area contributed by atoms with Crippen LogP contribution in [-0.4, -0.2) is 15.8 Å². The van der Waals surface area contributed by atoms with Gasteiger partial charge in [-0.3, -0.25) is 4.68 Å². The Morgan fingerprint density at radius 3 is 2.92 bits per heavy atom. The van der Waals surface area contributed by atoms with Crippen molar-refractivity contribution in [1.82, 2.24) is 9.78 Å². The van der Waals surface area contributed by atoms with Crippen LogP contribution in [0.15, 0.2) is 12.3 Å². The van der Waals surface area contributed by atoms with Gasteiger partial charge in [0.05, 0.1) is 5.69 Å². The SMILES string of the molecule is CC(C)Cn1ccc(C2CC2N)n1. The summed E-state index contributed by atoms with van der Waals surface area (Å²) in [7, 11) is 0. The molecule has 0 amide bonds. The standard InChI is InChI=1S/C10H17N3/c1-7(2)6-13-4-3-10(12-13)8-5-9(8)11/h3-4,7-9H,5-6,11H2,1-2H3. The van der Waals surface area contributed by atoms with Crippen molar-refractivity contribution in [2.75, 3.05) is 0 Å². The van der Waals surface area contributed by atoms with Crippen LogP contribution in [0.25, 0.3) is 0 Å². The fraction of sp³-hybridized carbons (Fsp3) is 0.700. The van der Waals surface area contributed by atoms with Crippen molar-refractivity contribution in [3.05, 3.63) is 18.0 Å². The number of aromatic nitrogens is 2. The lowest BCUT2D eigenvalue weighted by molar-refractivity contribution is 0.479. The van der Waals surface area contributed by atoms with E-state index in [1.807, 2.05) is 4.68 Å². The van der Waals surface area contributed by atoms with Crippen LogP contribution in [0.1, 0.15) is 31.9 Å². The largest absolute Gasteiger partial charge is 0.327 e. The zero-order valence-electron chi connectivity index (χ0n) is 8.27. The molecule has 0 spiro atoms. The van der Waals surface area contributed by atoms with Crippen molar-refractivity contribution in [2.45, 2.75) is 38.8 Å². The highest BCUT2D eigenvalue weighted by Crippen LogP contribution is 2.37. The summed E-state index contributed by atoms with van der Waals surface area (Å²) in [5, 5.41) is 4.50. The maximum atomic E-state index is 5.76. The van der Waals surface area contributed by atoms with Gasteiger partial charge in [-0.1, -0.05) is 13.8 Å². The Kier molecular flexibility index (Phi) is 2.12. The van der Waals surface area contributed by atoms with E-state index in [1.165, 1.54) is 5.69 Å². The van der Waals surface area contributed by atoms with E-state index in [2.05, 4.69) is 31.2 Å². The molecule has 0 bridgehead atoms. The summed E-state index contributed by atoms with van der Waals surface area (Å²) in [5.41, 5.74) is 6.93. The molecule has 0 radical (unpaired) electrons. The Balaban J connectivity index is 2.01. The number of rotatable bonds is 3. The molecule has 2 unspecified atom stereocenters. The molecule has 3 nitrogen and oxygen atoms in total. The van der Waals surface area contributed by atoms with E-state index in [0.29, 0.717) is 17.9 Å². The normalized spacial score (nSPS) is 26.8. The van der Waals surface area contributed by atoms with Crippen LogP contribution in [0, 0.1) is 5.92 Å². The van der Waals surface area contributed by atoms with Gasteiger partial charge in [0.15, 0.2) is 0 Å². The third kappa shape index (κ3) is 1.91. The number of nitrogens with zero attached hydrogens (tertiary/aromatic N) is 2. The molecule has 13 heavy (non-hydrogen) atoms. The molecule has 1 fully saturated rings. The van der Waals surface area contributed by atoms with E-state index in [-0.39, 0.29) is 0 Å². The van der Waals surface area contributed by atoms with Crippen molar-refractivity contribution < 1.29 is 0 Å². The van der Waals surface area contributed by atoms with Gasteiger partial charge in [-0.05, 0) is 18.4 Å². The molecule has 3 heteroatoms. The number of hydrogen-bond donors (Lipinski definition) is 1. The van der Waals surface area contributed by atoms with Gasteiger partial charge in [-0.25, -0.2) is 0 Å². The minimum absolute atomic E-state index is 0.363. The second kappa shape index (κ2) is 3.14. The predicted molar refractivity (Wildman–Crippen MR) is 52.4 cm³/mol. The Labute approximate surface area is 78.9 Å². The van der Waals surface area contributed by atoms with Crippen LogP contribution < -0.4 is 5.73 Å². The second-order valence-corrected chi connectivity index (χ2v) is 4.36. The highest BCUT2D eigenvalue weighted by atomic mass is 15.3. The van der Waals surface area contributed by atoms with Gasteiger partial charge in [-0.2, -0.15) is 5.10 Å². The van der Waals surface area contributed by atoms with Gasteiger partial charge >= 0.3 is 0 Å². The first-order valence-corrected chi connectivity index (χ1v) is 4.95. The van der Waals surface area contributed by atoms with Crippen molar-refractivity contribution in [3.8, 4) is 0 Å². The molecule has 2 rings (SSSR count). The Morgan fingerprint density at radius 1 is 1.69 bits per heavy atom. The van der Waals surface area contributed by atoms with Crippen LogP contribution in [0.3, 0.4) is 0 Å². The minimum atomic E-state index is 0.363. The van der Waals surface area contributed by atoms with Gasteiger partial charge in [0.2, 0.25) is 0 Å². The summed E-state index contributed by atoms with van der Waals surface area (Å²) < 4.78 is 2.02. The van der Waals surface area contributed by atoms with Gasteiger partial charge in [0.25, 0.3) is 0 Å². The molecule has 1 aromatic heterocycles. The highest BCUT2D eigenvalue weighted by molar-refractivity contribution is 5.18. The third-order valence-electron chi connectivity index (χ3n) is 2.43. The van der Waals surface area contributed by atoms with Crippen molar-refractivity contribution in [1.29, 1.82) is 0 Å². The van der Waals surface area contributed by atoms with Gasteiger partial charge in [0.1, 0.15) is 0 Å². The smallest absolute Gasteiger partial charge is 0.0671 e. The zero-order valence-corrected chi connectivity index (χ0v) is 8.27. The van der Waals surface area contributed by atoms with Crippen LogP contribution in [0.2, 0.25) is 0 Å². The Hall–Kier alpha value is -0.830. The molecular formula is C10H17N3. The van der Waals surface area contributed by atoms with E-state index in [4.69, 9.17) is 5.73 Å². The molecular weight excluding hydrogens is 162 g/mol. The molecule has 1 saturated carbocycles. The molecule has 0 saturated heterocycles. The molecule has 2 atom stereocenters. The van der Waals surface area contributed by atoms with Gasteiger partial charge in [-0.15, -0.1) is 0 Å². The van der Waals surface area contributed by atoms with Crippen LogP contribution in [-0.2, 0) is 6.54 Å². The van der Waals surface area contributed by atoms with E-state index in [1.54, 1.807) is 0 Å². The second-order valence-electron chi connectivity index (χ2n) is 4.36. The maximum absolute atomic E-state index is 5.76. The van der Waals surface area contributed by atoms with Crippen molar-refractivity contribution in [3.63, 3.8) is 0 Å². The molecule has 72 valence electrons. The molecule has 0 aliphatic heterocycles. The summed E-state index contributed by atoms with van der Waals surface area (Å²) in [5.74, 6) is 1.19. The fourth-order valence-electron chi connectivity index (χ4n) is 1.61. The lowest BCUT2D eigenvalue weighted by Crippen LogP contribution is -2.06. The average Bonchev–Trinajstić information content (AvgIpc) is 2.60.